The van der Waals surface area contributed by atoms with E-state index in [1.807, 2.05) is 19.2 Å². The number of aryl methyl sites for hydroxylation is 1. The minimum atomic E-state index is -3.30. The number of sulfone groups is 1. The number of aromatic nitrogens is 3. The van der Waals surface area contributed by atoms with Crippen molar-refractivity contribution in [1.29, 1.82) is 0 Å². The van der Waals surface area contributed by atoms with Crippen LogP contribution in [0.15, 0.2) is 47.6 Å². The zero-order valence-electron chi connectivity index (χ0n) is 17.0. The third-order valence-corrected chi connectivity index (χ3v) is 7.35. The molecular weight excluding hydrogens is 398 g/mol. The molecule has 1 aromatic carbocycles. The van der Waals surface area contributed by atoms with Crippen LogP contribution in [0.4, 0.5) is 0 Å². The first-order chi connectivity index (χ1) is 14.5. The Hall–Kier alpha value is -2.93. The molecule has 6 nitrogen and oxygen atoms in total. The Morgan fingerprint density at radius 2 is 2.00 bits per heavy atom. The van der Waals surface area contributed by atoms with Crippen LogP contribution in [0.3, 0.4) is 0 Å². The number of hydrogen-bond donors (Lipinski definition) is 1. The minimum Gasteiger partial charge on any atom is -0.476 e. The van der Waals surface area contributed by atoms with E-state index in [1.165, 1.54) is 12.8 Å². The molecule has 0 atom stereocenters. The summed E-state index contributed by atoms with van der Waals surface area (Å²) in [5.74, 6) is 1.24. The lowest BCUT2D eigenvalue weighted by molar-refractivity contribution is 0.292. The lowest BCUT2D eigenvalue weighted by atomic mass is 10.0. The van der Waals surface area contributed by atoms with E-state index < -0.39 is 9.84 Å². The van der Waals surface area contributed by atoms with Gasteiger partial charge in [-0.25, -0.2) is 18.4 Å². The van der Waals surface area contributed by atoms with Crippen molar-refractivity contribution >= 4 is 31.8 Å². The molecule has 0 radical (unpaired) electrons. The van der Waals surface area contributed by atoms with Crippen molar-refractivity contribution < 1.29 is 13.2 Å². The van der Waals surface area contributed by atoms with Crippen molar-refractivity contribution in [2.75, 3.05) is 12.4 Å². The summed E-state index contributed by atoms with van der Waals surface area (Å²) in [5.41, 5.74) is 4.27. The van der Waals surface area contributed by atoms with Crippen LogP contribution in [0, 0.1) is 12.8 Å². The molecule has 0 unspecified atom stereocenters. The molecule has 154 valence electrons. The number of ether oxygens (including phenoxy) is 1. The fourth-order valence-corrected chi connectivity index (χ4v) is 4.63. The molecule has 0 aliphatic heterocycles. The maximum Gasteiger partial charge on any atom is 0.238 e. The molecule has 0 spiro atoms. The molecule has 1 fully saturated rings. The van der Waals surface area contributed by atoms with Crippen molar-refractivity contribution in [3.05, 3.63) is 48.3 Å². The van der Waals surface area contributed by atoms with Crippen LogP contribution in [0.25, 0.3) is 33.1 Å². The Kier molecular flexibility index (Phi) is 4.50. The second-order valence-electron chi connectivity index (χ2n) is 7.95. The molecule has 1 aliphatic rings. The summed E-state index contributed by atoms with van der Waals surface area (Å²) in [5, 5.41) is 1.93. The van der Waals surface area contributed by atoms with E-state index in [2.05, 4.69) is 21.0 Å². The van der Waals surface area contributed by atoms with Crippen LogP contribution >= 0.6 is 0 Å². The fourth-order valence-electron chi connectivity index (χ4n) is 3.70. The van der Waals surface area contributed by atoms with Crippen LogP contribution in [-0.2, 0) is 9.84 Å². The standard InChI is InChI=1S/C23H23N3O3S/c1-3-30(27,28)17-6-4-5-16(10-17)19-12-25-23(29-13-15-7-8-15)21-20(19)18-9-14(2)11-24-22(18)26-21/h4-6,9-12,15H,3,7-8,13H2,1-2H3,(H,24,26). The summed E-state index contributed by atoms with van der Waals surface area (Å²) in [7, 11) is -3.30. The Morgan fingerprint density at radius 1 is 1.17 bits per heavy atom. The average molecular weight is 422 g/mol. The molecule has 1 aliphatic carbocycles. The van der Waals surface area contributed by atoms with Crippen molar-refractivity contribution in [1.82, 2.24) is 15.0 Å². The average Bonchev–Trinajstić information content (AvgIpc) is 3.51. The van der Waals surface area contributed by atoms with Crippen molar-refractivity contribution in [3.63, 3.8) is 0 Å². The van der Waals surface area contributed by atoms with Crippen LogP contribution < -0.4 is 4.74 Å². The van der Waals surface area contributed by atoms with Gasteiger partial charge in [0.1, 0.15) is 11.2 Å². The van der Waals surface area contributed by atoms with Gasteiger partial charge in [-0.2, -0.15) is 0 Å². The van der Waals surface area contributed by atoms with Gasteiger partial charge in [0.15, 0.2) is 9.84 Å². The highest BCUT2D eigenvalue weighted by atomic mass is 32.2. The van der Waals surface area contributed by atoms with Crippen LogP contribution in [0.5, 0.6) is 5.88 Å². The van der Waals surface area contributed by atoms with Gasteiger partial charge in [0.05, 0.1) is 17.3 Å². The first kappa shape index (κ1) is 19.1. The number of benzene rings is 1. The van der Waals surface area contributed by atoms with Gasteiger partial charge in [0.2, 0.25) is 5.88 Å². The Morgan fingerprint density at radius 3 is 2.77 bits per heavy atom. The molecule has 5 rings (SSSR count). The Labute approximate surface area is 175 Å². The Bertz CT molecular complexity index is 1370. The van der Waals surface area contributed by atoms with E-state index in [1.54, 1.807) is 31.3 Å². The summed E-state index contributed by atoms with van der Waals surface area (Å²) in [6, 6.07) is 9.14. The SMILES string of the molecule is CCS(=O)(=O)c1cccc(-c2cnc(OCC3CC3)c3[nH]c4ncc(C)cc4c23)c1. The number of nitrogens with one attached hydrogen (secondary N) is 1. The van der Waals surface area contributed by atoms with Gasteiger partial charge >= 0.3 is 0 Å². The summed E-state index contributed by atoms with van der Waals surface area (Å²) < 4.78 is 30.8. The predicted octanol–water partition coefficient (Wildman–Crippen LogP) is 4.67. The first-order valence-corrected chi connectivity index (χ1v) is 11.8. The Balaban J connectivity index is 1.74. The number of aromatic amines is 1. The van der Waals surface area contributed by atoms with Crippen LogP contribution in [0.1, 0.15) is 25.3 Å². The summed E-state index contributed by atoms with van der Waals surface area (Å²) in [6.07, 6.45) is 6.00. The molecular formula is C23H23N3O3S. The summed E-state index contributed by atoms with van der Waals surface area (Å²) in [6.45, 7) is 4.32. The molecule has 3 aromatic heterocycles. The second-order valence-corrected chi connectivity index (χ2v) is 10.2. The van der Waals surface area contributed by atoms with Gasteiger partial charge in [-0.15, -0.1) is 0 Å². The molecule has 0 bridgehead atoms. The lowest BCUT2D eigenvalue weighted by Crippen LogP contribution is -2.04. The molecule has 7 heteroatoms. The first-order valence-electron chi connectivity index (χ1n) is 10.2. The number of fused-ring (bicyclic) bond motifs is 3. The van der Waals surface area contributed by atoms with E-state index >= 15 is 0 Å². The molecule has 30 heavy (non-hydrogen) atoms. The van der Waals surface area contributed by atoms with Gasteiger partial charge in [-0.3, -0.25) is 0 Å². The van der Waals surface area contributed by atoms with E-state index in [9.17, 15) is 8.42 Å². The molecule has 1 saturated carbocycles. The van der Waals surface area contributed by atoms with Gasteiger partial charge in [0.25, 0.3) is 0 Å². The van der Waals surface area contributed by atoms with Crippen LogP contribution in [-0.4, -0.2) is 35.7 Å². The van der Waals surface area contributed by atoms with E-state index in [4.69, 9.17) is 4.74 Å². The number of hydrogen-bond acceptors (Lipinski definition) is 5. The van der Waals surface area contributed by atoms with Crippen molar-refractivity contribution in [2.24, 2.45) is 5.92 Å². The van der Waals surface area contributed by atoms with E-state index in [0.717, 1.165) is 38.6 Å². The maximum absolute atomic E-state index is 12.4. The van der Waals surface area contributed by atoms with Crippen molar-refractivity contribution in [3.8, 4) is 17.0 Å². The highest BCUT2D eigenvalue weighted by Crippen LogP contribution is 2.39. The molecule has 4 aromatic rings. The zero-order valence-corrected chi connectivity index (χ0v) is 17.8. The zero-order chi connectivity index (χ0) is 20.9. The number of rotatable bonds is 6. The smallest absolute Gasteiger partial charge is 0.238 e. The highest BCUT2D eigenvalue weighted by molar-refractivity contribution is 7.91. The molecule has 0 saturated heterocycles. The molecule has 1 N–H and O–H groups in total. The minimum absolute atomic E-state index is 0.0637. The van der Waals surface area contributed by atoms with E-state index in [0.29, 0.717) is 23.3 Å². The van der Waals surface area contributed by atoms with Gasteiger partial charge < -0.3 is 9.72 Å². The normalized spacial score (nSPS) is 14.5. The van der Waals surface area contributed by atoms with E-state index in [-0.39, 0.29) is 5.75 Å². The quantitative estimate of drug-likeness (QED) is 0.489. The highest BCUT2D eigenvalue weighted by Gasteiger charge is 2.24. The third kappa shape index (κ3) is 3.33. The summed E-state index contributed by atoms with van der Waals surface area (Å²) in [4.78, 5) is 12.8. The monoisotopic (exact) mass is 421 g/mol. The van der Waals surface area contributed by atoms with Crippen molar-refractivity contribution in [2.45, 2.75) is 31.6 Å². The fraction of sp³-hybridized carbons (Fsp3) is 0.304. The largest absolute Gasteiger partial charge is 0.476 e. The number of nitrogens with zero attached hydrogens (tertiary/aromatic N) is 2. The van der Waals surface area contributed by atoms with Crippen LogP contribution in [0.2, 0.25) is 0 Å². The topological polar surface area (TPSA) is 84.9 Å². The van der Waals surface area contributed by atoms with Gasteiger partial charge in [-0.05, 0) is 55.0 Å². The number of pyridine rings is 2. The third-order valence-electron chi connectivity index (χ3n) is 5.62. The van der Waals surface area contributed by atoms with Gasteiger partial charge in [-0.1, -0.05) is 19.1 Å². The lowest BCUT2D eigenvalue weighted by Gasteiger charge is -2.10. The summed E-state index contributed by atoms with van der Waals surface area (Å²) >= 11 is 0. The number of H-pyrrole nitrogens is 1. The predicted molar refractivity (Wildman–Crippen MR) is 118 cm³/mol. The maximum atomic E-state index is 12.4. The molecule has 0 amide bonds. The molecule has 3 heterocycles. The second kappa shape index (κ2) is 7.09. The van der Waals surface area contributed by atoms with Gasteiger partial charge in [0, 0.05) is 28.7 Å².